The van der Waals surface area contributed by atoms with Gasteiger partial charge in [0.15, 0.2) is 0 Å². The number of alkyl halides is 1. The Hall–Kier alpha value is -1.34. The zero-order valence-corrected chi connectivity index (χ0v) is 11.8. The van der Waals surface area contributed by atoms with E-state index in [-0.39, 0.29) is 11.7 Å². The lowest BCUT2D eigenvalue weighted by molar-refractivity contribution is 0.546. The predicted octanol–water partition coefficient (Wildman–Crippen LogP) is 4.77. The summed E-state index contributed by atoms with van der Waals surface area (Å²) in [7, 11) is 0. The highest BCUT2D eigenvalue weighted by molar-refractivity contribution is 6.18. The zero-order chi connectivity index (χ0) is 13.7. The van der Waals surface area contributed by atoms with Gasteiger partial charge in [-0.25, -0.2) is 4.39 Å². The number of hydrogen-bond acceptors (Lipinski definition) is 0. The van der Waals surface area contributed by atoms with Crippen molar-refractivity contribution in [1.29, 1.82) is 0 Å². The van der Waals surface area contributed by atoms with E-state index in [9.17, 15) is 4.39 Å². The maximum absolute atomic E-state index is 13.6. The molecule has 19 heavy (non-hydrogen) atoms. The monoisotopic (exact) mass is 276 g/mol. The van der Waals surface area contributed by atoms with Gasteiger partial charge in [-0.15, -0.1) is 11.6 Å². The summed E-state index contributed by atoms with van der Waals surface area (Å²) in [6.45, 7) is 2.07. The van der Waals surface area contributed by atoms with Crippen LogP contribution < -0.4 is 0 Å². The summed E-state index contributed by atoms with van der Waals surface area (Å²) >= 11 is 6.03. The van der Waals surface area contributed by atoms with Crippen molar-refractivity contribution in [2.45, 2.75) is 19.8 Å². The molecule has 1 atom stereocenters. The molecule has 0 N–H and O–H groups in total. The highest BCUT2D eigenvalue weighted by Gasteiger charge is 2.12. The minimum Gasteiger partial charge on any atom is -0.207 e. The topological polar surface area (TPSA) is 0 Å². The Bertz CT molecular complexity index is 519. The quantitative estimate of drug-likeness (QED) is 0.690. The number of benzene rings is 2. The fourth-order valence-electron chi connectivity index (χ4n) is 2.21. The van der Waals surface area contributed by atoms with E-state index in [2.05, 4.69) is 31.2 Å². The van der Waals surface area contributed by atoms with Crippen LogP contribution in [0.5, 0.6) is 0 Å². The molecule has 0 aliphatic rings. The average Bonchev–Trinajstić information content (AvgIpc) is 2.43. The van der Waals surface area contributed by atoms with Crippen LogP contribution in [0.25, 0.3) is 0 Å². The van der Waals surface area contributed by atoms with Gasteiger partial charge >= 0.3 is 0 Å². The molecule has 0 saturated carbocycles. The van der Waals surface area contributed by atoms with Gasteiger partial charge in [0.05, 0.1) is 0 Å². The van der Waals surface area contributed by atoms with Gasteiger partial charge in [-0.1, -0.05) is 48.0 Å². The van der Waals surface area contributed by atoms with Crippen LogP contribution in [0.4, 0.5) is 4.39 Å². The van der Waals surface area contributed by atoms with Crippen LogP contribution in [-0.2, 0) is 12.8 Å². The minimum atomic E-state index is -0.137. The van der Waals surface area contributed by atoms with Gasteiger partial charge in [-0.05, 0) is 42.9 Å². The standard InChI is InChI=1S/C17H18ClF/c1-13-6-8-14(9-7-13)10-15(12-18)11-16-4-2-3-5-17(16)19/h2-9,15H,10-12H2,1H3. The molecule has 2 aromatic carbocycles. The summed E-state index contributed by atoms with van der Waals surface area (Å²) in [6.07, 6.45) is 1.57. The van der Waals surface area contributed by atoms with Crippen molar-refractivity contribution in [3.63, 3.8) is 0 Å². The number of halogens is 2. The molecule has 0 amide bonds. The Morgan fingerprint density at radius 1 is 1.00 bits per heavy atom. The lowest BCUT2D eigenvalue weighted by Gasteiger charge is -2.14. The van der Waals surface area contributed by atoms with Crippen LogP contribution in [-0.4, -0.2) is 5.88 Å². The van der Waals surface area contributed by atoms with Gasteiger partial charge in [0, 0.05) is 5.88 Å². The number of hydrogen-bond donors (Lipinski definition) is 0. The van der Waals surface area contributed by atoms with Gasteiger partial charge < -0.3 is 0 Å². The minimum absolute atomic E-state index is 0.137. The molecule has 2 aromatic rings. The van der Waals surface area contributed by atoms with Crippen LogP contribution in [0.1, 0.15) is 16.7 Å². The van der Waals surface area contributed by atoms with Crippen LogP contribution in [0, 0.1) is 18.7 Å². The molecule has 1 unspecified atom stereocenters. The molecule has 0 heterocycles. The molecule has 0 radical (unpaired) electrons. The maximum Gasteiger partial charge on any atom is 0.126 e. The molecule has 2 heteroatoms. The Morgan fingerprint density at radius 3 is 2.32 bits per heavy atom. The van der Waals surface area contributed by atoms with Gasteiger partial charge in [0.1, 0.15) is 5.82 Å². The second-order valence-electron chi connectivity index (χ2n) is 5.01. The maximum atomic E-state index is 13.6. The van der Waals surface area contributed by atoms with Crippen molar-refractivity contribution in [1.82, 2.24) is 0 Å². The molecule has 0 aliphatic carbocycles. The van der Waals surface area contributed by atoms with Gasteiger partial charge in [-0.3, -0.25) is 0 Å². The van der Waals surface area contributed by atoms with Gasteiger partial charge in [0.2, 0.25) is 0 Å². The first-order chi connectivity index (χ1) is 9.19. The van der Waals surface area contributed by atoms with Crippen molar-refractivity contribution in [2.75, 3.05) is 5.88 Å². The SMILES string of the molecule is Cc1ccc(CC(CCl)Cc2ccccc2F)cc1. The summed E-state index contributed by atoms with van der Waals surface area (Å²) in [4.78, 5) is 0. The van der Waals surface area contributed by atoms with Crippen LogP contribution in [0.15, 0.2) is 48.5 Å². The average molecular weight is 277 g/mol. The molecular weight excluding hydrogens is 259 g/mol. The van der Waals surface area contributed by atoms with Crippen molar-refractivity contribution >= 4 is 11.6 Å². The molecule has 2 rings (SSSR count). The molecule has 0 aliphatic heterocycles. The molecule has 100 valence electrons. The second kappa shape index (κ2) is 6.72. The van der Waals surface area contributed by atoms with E-state index in [1.54, 1.807) is 6.07 Å². The predicted molar refractivity (Wildman–Crippen MR) is 79.2 cm³/mol. The first kappa shape index (κ1) is 14.1. The van der Waals surface area contributed by atoms with E-state index >= 15 is 0 Å². The highest BCUT2D eigenvalue weighted by Crippen LogP contribution is 2.18. The fraction of sp³-hybridized carbons (Fsp3) is 0.294. The van der Waals surface area contributed by atoms with E-state index in [1.165, 1.54) is 17.2 Å². The molecule has 0 nitrogen and oxygen atoms in total. The summed E-state index contributed by atoms with van der Waals surface area (Å²) in [6, 6.07) is 15.4. The summed E-state index contributed by atoms with van der Waals surface area (Å²) < 4.78 is 13.6. The van der Waals surface area contributed by atoms with E-state index in [4.69, 9.17) is 11.6 Å². The van der Waals surface area contributed by atoms with E-state index < -0.39 is 0 Å². The van der Waals surface area contributed by atoms with Crippen LogP contribution in [0.3, 0.4) is 0 Å². The van der Waals surface area contributed by atoms with E-state index in [0.717, 1.165) is 12.0 Å². The summed E-state index contributed by atoms with van der Waals surface area (Å²) in [5.74, 6) is 0.671. The number of rotatable bonds is 5. The van der Waals surface area contributed by atoms with E-state index in [0.29, 0.717) is 12.3 Å². The summed E-state index contributed by atoms with van der Waals surface area (Å²) in [5, 5.41) is 0. The van der Waals surface area contributed by atoms with Crippen molar-refractivity contribution in [3.05, 3.63) is 71.0 Å². The molecule has 0 spiro atoms. The largest absolute Gasteiger partial charge is 0.207 e. The third-order valence-corrected chi connectivity index (χ3v) is 3.77. The molecule has 0 bridgehead atoms. The third kappa shape index (κ3) is 4.07. The molecule has 0 fully saturated rings. The van der Waals surface area contributed by atoms with Crippen LogP contribution in [0.2, 0.25) is 0 Å². The summed E-state index contributed by atoms with van der Waals surface area (Å²) in [5.41, 5.74) is 3.26. The van der Waals surface area contributed by atoms with Crippen LogP contribution >= 0.6 is 11.6 Å². The van der Waals surface area contributed by atoms with Crippen molar-refractivity contribution in [3.8, 4) is 0 Å². The van der Waals surface area contributed by atoms with Gasteiger partial charge in [0.25, 0.3) is 0 Å². The third-order valence-electron chi connectivity index (χ3n) is 3.33. The van der Waals surface area contributed by atoms with Gasteiger partial charge in [-0.2, -0.15) is 0 Å². The normalized spacial score (nSPS) is 12.4. The smallest absolute Gasteiger partial charge is 0.126 e. The molecular formula is C17H18ClF. The van der Waals surface area contributed by atoms with E-state index in [1.807, 2.05) is 12.1 Å². The van der Waals surface area contributed by atoms with Crippen molar-refractivity contribution in [2.24, 2.45) is 5.92 Å². The first-order valence-electron chi connectivity index (χ1n) is 6.54. The second-order valence-corrected chi connectivity index (χ2v) is 5.31. The Kier molecular flexibility index (Phi) is 4.98. The lowest BCUT2D eigenvalue weighted by atomic mass is 9.93. The molecule has 0 saturated heterocycles. The van der Waals surface area contributed by atoms with Crippen molar-refractivity contribution < 1.29 is 4.39 Å². The lowest BCUT2D eigenvalue weighted by Crippen LogP contribution is -2.11. The zero-order valence-electron chi connectivity index (χ0n) is 11.1. The highest BCUT2D eigenvalue weighted by atomic mass is 35.5. The fourth-order valence-corrected chi connectivity index (χ4v) is 2.43. The first-order valence-corrected chi connectivity index (χ1v) is 7.07. The Morgan fingerprint density at radius 2 is 1.68 bits per heavy atom. The Labute approximate surface area is 119 Å². The molecule has 0 aromatic heterocycles. The number of aryl methyl sites for hydroxylation is 1. The Balaban J connectivity index is 2.05.